The molecule has 0 radical (unpaired) electrons. The molecule has 21 heavy (non-hydrogen) atoms. The Hall–Kier alpha value is -1.86. The Morgan fingerprint density at radius 3 is 2.38 bits per heavy atom. The van der Waals surface area contributed by atoms with Gasteiger partial charge >= 0.3 is 6.18 Å². The van der Waals surface area contributed by atoms with Crippen LogP contribution in [0.25, 0.3) is 0 Å². The van der Waals surface area contributed by atoms with E-state index >= 15 is 0 Å². The molecule has 0 fully saturated rings. The van der Waals surface area contributed by atoms with Crippen LogP contribution in [0.1, 0.15) is 44.2 Å². The summed E-state index contributed by atoms with van der Waals surface area (Å²) in [5.74, 6) is -1.49. The first-order valence-corrected chi connectivity index (χ1v) is 6.46. The summed E-state index contributed by atoms with van der Waals surface area (Å²) in [6, 6.07) is 0. The smallest absolute Gasteiger partial charge is 0.339 e. The third-order valence-electron chi connectivity index (χ3n) is 3.08. The monoisotopic (exact) mass is 302 g/mol. The van der Waals surface area contributed by atoms with Crippen molar-refractivity contribution in [2.75, 3.05) is 0 Å². The molecule has 0 saturated carbocycles. The predicted molar refractivity (Wildman–Crippen MR) is 68.7 cm³/mol. The second-order valence-electron chi connectivity index (χ2n) is 5.96. The number of rotatable bonds is 3. The van der Waals surface area contributed by atoms with Crippen LogP contribution in [0.4, 0.5) is 13.2 Å². The molecule has 0 spiro atoms. The highest BCUT2D eigenvalue weighted by Gasteiger charge is 2.44. The molecule has 0 N–H and O–H groups in total. The van der Waals surface area contributed by atoms with Crippen LogP contribution in [0.3, 0.4) is 0 Å². The molecule has 2 rings (SSSR count). The Balaban J connectivity index is 2.29. The van der Waals surface area contributed by atoms with E-state index in [1.165, 1.54) is 24.0 Å². The molecule has 8 heteroatoms. The molecule has 2 heterocycles. The summed E-state index contributed by atoms with van der Waals surface area (Å²) in [6.07, 6.45) is -2.04. The molecule has 0 saturated heterocycles. The lowest BCUT2D eigenvalue weighted by atomic mass is 9.96. The fourth-order valence-electron chi connectivity index (χ4n) is 1.88. The third-order valence-corrected chi connectivity index (χ3v) is 3.08. The van der Waals surface area contributed by atoms with E-state index in [1.807, 2.05) is 20.8 Å². The molecule has 0 bridgehead atoms. The summed E-state index contributed by atoms with van der Waals surface area (Å²) < 4.78 is 46.0. The number of alkyl halides is 3. The van der Waals surface area contributed by atoms with E-state index in [1.54, 1.807) is 0 Å². The van der Waals surface area contributed by atoms with Crippen LogP contribution < -0.4 is 0 Å². The lowest BCUT2D eigenvalue weighted by Gasteiger charge is -2.18. The summed E-state index contributed by atoms with van der Waals surface area (Å²) in [6.45, 7) is 5.59. The number of hydrogen-bond donors (Lipinski definition) is 0. The van der Waals surface area contributed by atoms with Crippen molar-refractivity contribution in [1.29, 1.82) is 0 Å². The highest BCUT2D eigenvalue weighted by atomic mass is 19.4. The molecule has 5 nitrogen and oxygen atoms in total. The SMILES string of the molecule is Cn1ccnc1C(Cc1nc(C(C)(C)C)no1)C(F)(F)F. The number of halogens is 3. The molecule has 2 aromatic rings. The Kier molecular flexibility index (Phi) is 3.81. The van der Waals surface area contributed by atoms with Crippen LogP contribution in [0.5, 0.6) is 0 Å². The minimum Gasteiger partial charge on any atom is -0.339 e. The molecular formula is C13H17F3N4O. The zero-order chi connectivity index (χ0) is 15.8. The number of hydrogen-bond acceptors (Lipinski definition) is 4. The average Bonchev–Trinajstić information content (AvgIpc) is 2.92. The van der Waals surface area contributed by atoms with Gasteiger partial charge in [0.2, 0.25) is 5.89 Å². The van der Waals surface area contributed by atoms with Gasteiger partial charge in [-0.15, -0.1) is 0 Å². The van der Waals surface area contributed by atoms with Crippen molar-refractivity contribution in [1.82, 2.24) is 19.7 Å². The first kappa shape index (κ1) is 15.5. The molecule has 0 aromatic carbocycles. The third kappa shape index (κ3) is 3.43. The van der Waals surface area contributed by atoms with Gasteiger partial charge in [0.25, 0.3) is 0 Å². The highest BCUT2D eigenvalue weighted by molar-refractivity contribution is 5.08. The van der Waals surface area contributed by atoms with Gasteiger partial charge in [0.1, 0.15) is 11.7 Å². The summed E-state index contributed by atoms with van der Waals surface area (Å²) in [5, 5.41) is 3.75. The van der Waals surface area contributed by atoms with Crippen molar-refractivity contribution in [2.45, 2.75) is 44.7 Å². The Morgan fingerprint density at radius 1 is 1.29 bits per heavy atom. The van der Waals surface area contributed by atoms with Crippen LogP contribution in [0, 0.1) is 0 Å². The van der Waals surface area contributed by atoms with E-state index in [-0.39, 0.29) is 17.1 Å². The van der Waals surface area contributed by atoms with Crippen LogP contribution in [-0.2, 0) is 18.9 Å². The van der Waals surface area contributed by atoms with Gasteiger partial charge in [-0.05, 0) is 0 Å². The summed E-state index contributed by atoms with van der Waals surface area (Å²) in [7, 11) is 1.52. The van der Waals surface area contributed by atoms with E-state index in [0.29, 0.717) is 5.82 Å². The average molecular weight is 302 g/mol. The second kappa shape index (κ2) is 5.16. The maximum absolute atomic E-state index is 13.2. The lowest BCUT2D eigenvalue weighted by molar-refractivity contribution is -0.153. The second-order valence-corrected chi connectivity index (χ2v) is 5.96. The maximum Gasteiger partial charge on any atom is 0.399 e. The van der Waals surface area contributed by atoms with Crippen molar-refractivity contribution in [3.63, 3.8) is 0 Å². The molecule has 0 aliphatic carbocycles. The number of imidazole rings is 1. The van der Waals surface area contributed by atoms with Gasteiger partial charge in [-0.2, -0.15) is 18.2 Å². The van der Waals surface area contributed by atoms with Gasteiger partial charge < -0.3 is 9.09 Å². The predicted octanol–water partition coefficient (Wildman–Crippen LogP) is 2.99. The van der Waals surface area contributed by atoms with E-state index in [0.717, 1.165) is 0 Å². The van der Waals surface area contributed by atoms with Crippen molar-refractivity contribution in [3.8, 4) is 0 Å². The standard InChI is InChI=1S/C13H17F3N4O/c1-12(2,3)11-18-9(21-19-11)7-8(13(14,15)16)10-17-5-6-20(10)4/h5-6,8H,7H2,1-4H3. The first-order valence-electron chi connectivity index (χ1n) is 6.46. The van der Waals surface area contributed by atoms with Gasteiger partial charge in [-0.3, -0.25) is 0 Å². The van der Waals surface area contributed by atoms with Crippen LogP contribution in [0.2, 0.25) is 0 Å². The zero-order valence-corrected chi connectivity index (χ0v) is 12.3. The van der Waals surface area contributed by atoms with Gasteiger partial charge in [0.15, 0.2) is 5.82 Å². The van der Waals surface area contributed by atoms with Crippen LogP contribution in [0.15, 0.2) is 16.9 Å². The van der Waals surface area contributed by atoms with E-state index < -0.39 is 18.5 Å². The zero-order valence-electron chi connectivity index (χ0n) is 12.3. The van der Waals surface area contributed by atoms with Gasteiger partial charge in [-0.1, -0.05) is 25.9 Å². The van der Waals surface area contributed by atoms with Crippen LogP contribution in [-0.4, -0.2) is 25.9 Å². The first-order chi connectivity index (χ1) is 9.59. The number of aryl methyl sites for hydroxylation is 1. The lowest BCUT2D eigenvalue weighted by Crippen LogP contribution is -2.26. The fourth-order valence-corrected chi connectivity index (χ4v) is 1.88. The summed E-state index contributed by atoms with van der Waals surface area (Å²) >= 11 is 0. The molecule has 0 amide bonds. The minimum atomic E-state index is -4.44. The summed E-state index contributed by atoms with van der Waals surface area (Å²) in [4.78, 5) is 7.85. The van der Waals surface area contributed by atoms with E-state index in [4.69, 9.17) is 4.52 Å². The van der Waals surface area contributed by atoms with Crippen molar-refractivity contribution in [2.24, 2.45) is 7.05 Å². The molecule has 1 atom stereocenters. The number of aromatic nitrogens is 4. The Bertz CT molecular complexity index is 609. The van der Waals surface area contributed by atoms with Crippen molar-refractivity contribution >= 4 is 0 Å². The van der Waals surface area contributed by atoms with Gasteiger partial charge in [0.05, 0.1) is 0 Å². The minimum absolute atomic E-state index is 0.0368. The number of nitrogens with zero attached hydrogens (tertiary/aromatic N) is 4. The van der Waals surface area contributed by atoms with Crippen molar-refractivity contribution < 1.29 is 17.7 Å². The highest BCUT2D eigenvalue weighted by Crippen LogP contribution is 2.36. The Labute approximate surface area is 120 Å². The Morgan fingerprint density at radius 2 is 1.95 bits per heavy atom. The molecule has 1 unspecified atom stereocenters. The van der Waals surface area contributed by atoms with E-state index in [9.17, 15) is 13.2 Å². The molecule has 0 aliphatic heterocycles. The van der Waals surface area contributed by atoms with E-state index in [2.05, 4.69) is 15.1 Å². The maximum atomic E-state index is 13.2. The molecule has 2 aromatic heterocycles. The fraction of sp³-hybridized carbons (Fsp3) is 0.615. The molecule has 116 valence electrons. The molecule has 0 aliphatic rings. The summed E-state index contributed by atoms with van der Waals surface area (Å²) in [5.41, 5.74) is -0.376. The topological polar surface area (TPSA) is 56.7 Å². The normalized spacial score (nSPS) is 14.4. The van der Waals surface area contributed by atoms with Gasteiger partial charge in [0, 0.05) is 31.3 Å². The largest absolute Gasteiger partial charge is 0.399 e. The van der Waals surface area contributed by atoms with Crippen LogP contribution >= 0.6 is 0 Å². The molecular weight excluding hydrogens is 285 g/mol. The van der Waals surface area contributed by atoms with Gasteiger partial charge in [-0.25, -0.2) is 4.98 Å². The quantitative estimate of drug-likeness (QED) is 0.874. The van der Waals surface area contributed by atoms with Crippen molar-refractivity contribution in [3.05, 3.63) is 29.9 Å².